The van der Waals surface area contributed by atoms with Crippen molar-refractivity contribution in [2.75, 3.05) is 0 Å². The lowest BCUT2D eigenvalue weighted by molar-refractivity contribution is -0.112. The van der Waals surface area contributed by atoms with Crippen LogP contribution in [0, 0.1) is 0 Å². The highest BCUT2D eigenvalue weighted by molar-refractivity contribution is 7.73. The molecule has 0 bridgehead atoms. The molecule has 4 heteroatoms. The van der Waals surface area contributed by atoms with Crippen LogP contribution in [0.25, 0.3) is 0 Å². The summed E-state index contributed by atoms with van der Waals surface area (Å²) in [5.74, 6) is -0.363. The SMILES string of the molecule is CCC(=O)C=S(=O)=O. The highest BCUT2D eigenvalue weighted by Gasteiger charge is 1.88. The molecule has 0 aromatic rings. The van der Waals surface area contributed by atoms with Crippen molar-refractivity contribution in [1.82, 2.24) is 0 Å². The van der Waals surface area contributed by atoms with Crippen molar-refractivity contribution in [3.63, 3.8) is 0 Å². The standard InChI is InChI=1S/C4H6O3S/c1-2-4(5)3-8(6)7/h3H,2H2,1H3. The average Bonchev–Trinajstić information content (AvgIpc) is 1.65. The third-order valence-electron chi connectivity index (χ3n) is 0.576. The van der Waals surface area contributed by atoms with E-state index in [1.54, 1.807) is 6.92 Å². The van der Waals surface area contributed by atoms with Crippen LogP contribution in [0.2, 0.25) is 0 Å². The van der Waals surface area contributed by atoms with Crippen molar-refractivity contribution in [3.8, 4) is 0 Å². The molecule has 0 fully saturated rings. The van der Waals surface area contributed by atoms with Crippen LogP contribution in [0.4, 0.5) is 0 Å². The minimum absolute atomic E-state index is 0.244. The molecule has 3 nitrogen and oxygen atoms in total. The second-order valence-corrected chi connectivity index (χ2v) is 1.95. The molecule has 0 aliphatic carbocycles. The zero-order chi connectivity index (χ0) is 6.57. The van der Waals surface area contributed by atoms with Crippen molar-refractivity contribution in [1.29, 1.82) is 0 Å². The van der Waals surface area contributed by atoms with Crippen LogP contribution in [-0.2, 0) is 15.1 Å². The van der Waals surface area contributed by atoms with E-state index in [1.165, 1.54) is 0 Å². The van der Waals surface area contributed by atoms with E-state index in [4.69, 9.17) is 0 Å². The Morgan fingerprint density at radius 2 is 2.12 bits per heavy atom. The Morgan fingerprint density at radius 1 is 1.62 bits per heavy atom. The number of carbonyl (C=O) groups excluding carboxylic acids is 1. The first kappa shape index (κ1) is 7.36. The summed E-state index contributed by atoms with van der Waals surface area (Å²) < 4.78 is 19.4. The van der Waals surface area contributed by atoms with Crippen LogP contribution in [0.3, 0.4) is 0 Å². The van der Waals surface area contributed by atoms with Crippen molar-refractivity contribution < 1.29 is 13.2 Å². The number of carbonyl (C=O) groups is 1. The number of rotatable bonds is 2. The van der Waals surface area contributed by atoms with Gasteiger partial charge in [0.05, 0.1) is 0 Å². The Labute approximate surface area is 48.9 Å². The molecule has 0 unspecified atom stereocenters. The minimum Gasteiger partial charge on any atom is -0.294 e. The van der Waals surface area contributed by atoms with Crippen molar-refractivity contribution in [2.24, 2.45) is 0 Å². The first-order valence-electron chi connectivity index (χ1n) is 2.12. The van der Waals surface area contributed by atoms with Gasteiger partial charge in [0, 0.05) is 6.42 Å². The van der Waals surface area contributed by atoms with Gasteiger partial charge < -0.3 is 0 Å². The predicted molar refractivity (Wildman–Crippen MR) is 30.3 cm³/mol. The highest BCUT2D eigenvalue weighted by atomic mass is 32.2. The van der Waals surface area contributed by atoms with Crippen LogP contribution in [-0.4, -0.2) is 19.6 Å². The van der Waals surface area contributed by atoms with Crippen LogP contribution in [0.5, 0.6) is 0 Å². The van der Waals surface area contributed by atoms with Gasteiger partial charge in [-0.15, -0.1) is 0 Å². The summed E-state index contributed by atoms with van der Waals surface area (Å²) in [7, 11) is -2.32. The number of Topliss-reactive ketones (excluding diaryl/α,β-unsaturated/α-hetero) is 1. The van der Waals surface area contributed by atoms with Gasteiger partial charge in [-0.3, -0.25) is 4.79 Å². The topological polar surface area (TPSA) is 51.2 Å². The van der Waals surface area contributed by atoms with Crippen LogP contribution >= 0.6 is 0 Å². The fourth-order valence-electron chi connectivity index (χ4n) is 0.191. The lowest BCUT2D eigenvalue weighted by atomic mass is 10.4. The number of hydrogen-bond donors (Lipinski definition) is 0. The van der Waals surface area contributed by atoms with E-state index in [0.29, 0.717) is 5.37 Å². The fourth-order valence-corrected chi connectivity index (χ4v) is 0.572. The van der Waals surface area contributed by atoms with Crippen LogP contribution in [0.1, 0.15) is 13.3 Å². The van der Waals surface area contributed by atoms with Gasteiger partial charge in [-0.1, -0.05) is 6.92 Å². The molecule has 0 heterocycles. The van der Waals surface area contributed by atoms with E-state index in [0.717, 1.165) is 0 Å². The summed E-state index contributed by atoms with van der Waals surface area (Å²) in [6.07, 6.45) is 0.244. The summed E-state index contributed by atoms with van der Waals surface area (Å²) in [6.45, 7) is 1.60. The normalized spacial score (nSPS) is 8.12. The van der Waals surface area contributed by atoms with Crippen LogP contribution in [0.15, 0.2) is 0 Å². The van der Waals surface area contributed by atoms with E-state index < -0.39 is 10.3 Å². The molecule has 0 radical (unpaired) electrons. The maximum absolute atomic E-state index is 10.2. The first-order valence-corrected chi connectivity index (χ1v) is 3.26. The molecule has 46 valence electrons. The third kappa shape index (κ3) is 3.55. The zero-order valence-corrected chi connectivity index (χ0v) is 5.23. The third-order valence-corrected chi connectivity index (χ3v) is 1.03. The minimum atomic E-state index is -2.32. The van der Waals surface area contributed by atoms with Gasteiger partial charge in [0.2, 0.25) is 10.3 Å². The molecule has 0 rings (SSSR count). The van der Waals surface area contributed by atoms with Crippen molar-refractivity contribution in [2.45, 2.75) is 13.3 Å². The molecular formula is C4H6O3S. The summed E-state index contributed by atoms with van der Waals surface area (Å²) in [5.41, 5.74) is 0. The molecule has 0 spiro atoms. The lowest BCUT2D eigenvalue weighted by Crippen LogP contribution is -1.95. The van der Waals surface area contributed by atoms with Gasteiger partial charge in [-0.25, -0.2) is 0 Å². The van der Waals surface area contributed by atoms with E-state index in [2.05, 4.69) is 0 Å². The molecule has 0 amide bonds. The largest absolute Gasteiger partial charge is 0.294 e. The van der Waals surface area contributed by atoms with Gasteiger partial charge in [0.25, 0.3) is 0 Å². The lowest BCUT2D eigenvalue weighted by Gasteiger charge is -1.73. The van der Waals surface area contributed by atoms with Gasteiger partial charge >= 0.3 is 0 Å². The molecule has 0 aliphatic rings. The van der Waals surface area contributed by atoms with Gasteiger partial charge in [0.1, 0.15) is 5.37 Å². The second kappa shape index (κ2) is 3.37. The van der Waals surface area contributed by atoms with Crippen molar-refractivity contribution in [3.05, 3.63) is 0 Å². The Kier molecular flexibility index (Phi) is 3.10. The number of ketones is 1. The van der Waals surface area contributed by atoms with E-state index in [-0.39, 0.29) is 12.2 Å². The van der Waals surface area contributed by atoms with Crippen molar-refractivity contribution >= 4 is 21.4 Å². The van der Waals surface area contributed by atoms with E-state index in [1.807, 2.05) is 0 Å². The Morgan fingerprint density at radius 3 is 2.25 bits per heavy atom. The summed E-state index contributed by atoms with van der Waals surface area (Å²) in [5, 5.41) is 0.667. The quantitative estimate of drug-likeness (QED) is 0.485. The maximum Gasteiger partial charge on any atom is 0.217 e. The molecule has 0 saturated heterocycles. The predicted octanol–water partition coefficient (Wildman–Crippen LogP) is -0.353. The summed E-state index contributed by atoms with van der Waals surface area (Å²) in [6, 6.07) is 0. The second-order valence-electron chi connectivity index (χ2n) is 1.20. The van der Waals surface area contributed by atoms with E-state index >= 15 is 0 Å². The highest BCUT2D eigenvalue weighted by Crippen LogP contribution is 1.71. The molecular weight excluding hydrogens is 128 g/mol. The molecule has 8 heavy (non-hydrogen) atoms. The Balaban J connectivity index is 4.12. The van der Waals surface area contributed by atoms with Gasteiger partial charge in [-0.2, -0.15) is 8.42 Å². The van der Waals surface area contributed by atoms with Gasteiger partial charge in [-0.05, 0) is 0 Å². The smallest absolute Gasteiger partial charge is 0.217 e. The zero-order valence-electron chi connectivity index (χ0n) is 4.42. The molecule has 0 saturated carbocycles. The van der Waals surface area contributed by atoms with Gasteiger partial charge in [0.15, 0.2) is 5.78 Å². The molecule has 0 atom stereocenters. The molecule has 0 N–H and O–H groups in total. The maximum atomic E-state index is 10.2. The summed E-state index contributed by atoms with van der Waals surface area (Å²) >= 11 is 0. The average molecular weight is 134 g/mol. The molecule has 0 aromatic carbocycles. The molecule has 0 aromatic heterocycles. The Hall–Kier alpha value is -0.640. The molecule has 0 aliphatic heterocycles. The summed E-state index contributed by atoms with van der Waals surface area (Å²) in [4.78, 5) is 10.2. The fraction of sp³-hybridized carbons (Fsp3) is 0.500. The Bertz CT molecular complexity index is 191. The van der Waals surface area contributed by atoms with E-state index in [9.17, 15) is 13.2 Å². The monoisotopic (exact) mass is 134 g/mol. The first-order chi connectivity index (χ1) is 3.66. The number of hydrogen-bond acceptors (Lipinski definition) is 3. The van der Waals surface area contributed by atoms with Crippen LogP contribution < -0.4 is 0 Å².